The van der Waals surface area contributed by atoms with Crippen LogP contribution in [0.3, 0.4) is 0 Å². The minimum Gasteiger partial charge on any atom is -0.396 e. The van der Waals surface area contributed by atoms with Gasteiger partial charge in [0.1, 0.15) is 17.7 Å². The molecule has 2 aromatic heterocycles. The van der Waals surface area contributed by atoms with Crippen molar-refractivity contribution in [1.82, 2.24) is 24.8 Å². The number of anilines is 1. The van der Waals surface area contributed by atoms with E-state index in [1.54, 1.807) is 0 Å². The predicted molar refractivity (Wildman–Crippen MR) is 121 cm³/mol. The topological polar surface area (TPSA) is 169 Å². The summed E-state index contributed by atoms with van der Waals surface area (Å²) in [6.07, 6.45) is 3.04. The Morgan fingerprint density at radius 3 is 2.59 bits per heavy atom. The number of fused-ring (bicyclic) bond motifs is 1. The van der Waals surface area contributed by atoms with Crippen molar-refractivity contribution >= 4 is 22.9 Å². The summed E-state index contributed by atoms with van der Waals surface area (Å²) in [4.78, 5) is 25.3. The Labute approximate surface area is 196 Å². The van der Waals surface area contributed by atoms with E-state index in [2.05, 4.69) is 32.1 Å². The van der Waals surface area contributed by atoms with Gasteiger partial charge in [0.2, 0.25) is 5.82 Å². The fraction of sp³-hybridized carbons (Fsp3) is 0.652. The van der Waals surface area contributed by atoms with Crippen molar-refractivity contribution in [2.24, 2.45) is 11.8 Å². The van der Waals surface area contributed by atoms with E-state index < -0.39 is 30.4 Å². The third kappa shape index (κ3) is 4.59. The molecule has 1 unspecified atom stereocenters. The molecule has 2 aliphatic carbocycles. The van der Waals surface area contributed by atoms with Crippen LogP contribution in [0.15, 0.2) is 6.33 Å². The Kier molecular flexibility index (Phi) is 6.40. The first-order valence-corrected chi connectivity index (χ1v) is 11.9. The second-order valence-electron chi connectivity index (χ2n) is 9.54. The van der Waals surface area contributed by atoms with Crippen LogP contribution in [-0.4, -0.2) is 71.7 Å². The minimum absolute atomic E-state index is 0.104. The quantitative estimate of drug-likeness (QED) is 0.373. The third-order valence-electron chi connectivity index (χ3n) is 6.96. The average Bonchev–Trinajstić information content (AvgIpc) is 3.47. The molecule has 1 aliphatic heterocycles. The highest BCUT2D eigenvalue weighted by Crippen LogP contribution is 2.33. The average molecular weight is 471 g/mol. The number of imidazole rings is 1. The van der Waals surface area contributed by atoms with Crippen LogP contribution in [0.2, 0.25) is 0 Å². The summed E-state index contributed by atoms with van der Waals surface area (Å²) in [6.45, 7) is 0.252. The number of nitrogen functional groups attached to an aromatic ring is 1. The lowest BCUT2D eigenvalue weighted by atomic mass is 9.81. The molecule has 3 aliphatic rings. The summed E-state index contributed by atoms with van der Waals surface area (Å²) in [6, 6.07) is 0.104. The zero-order valence-corrected chi connectivity index (χ0v) is 18.8. The highest BCUT2D eigenvalue weighted by atomic mass is 16.6. The molecule has 5 rings (SSSR count). The van der Waals surface area contributed by atoms with Crippen molar-refractivity contribution in [3.05, 3.63) is 12.2 Å². The van der Waals surface area contributed by atoms with Crippen molar-refractivity contribution in [2.45, 2.75) is 75.5 Å². The van der Waals surface area contributed by atoms with Gasteiger partial charge in [0.15, 0.2) is 23.8 Å². The van der Waals surface area contributed by atoms with Crippen molar-refractivity contribution < 1.29 is 24.9 Å². The van der Waals surface area contributed by atoms with Crippen molar-refractivity contribution in [1.29, 1.82) is 0 Å². The van der Waals surface area contributed by atoms with Crippen LogP contribution in [0.1, 0.15) is 57.0 Å². The van der Waals surface area contributed by atoms with Crippen LogP contribution in [-0.2, 0) is 9.53 Å². The van der Waals surface area contributed by atoms with Gasteiger partial charge in [-0.1, -0.05) is 5.92 Å². The molecule has 0 spiro atoms. The molecule has 0 aromatic carbocycles. The van der Waals surface area contributed by atoms with Gasteiger partial charge in [-0.2, -0.15) is 0 Å². The lowest BCUT2D eigenvalue weighted by molar-refractivity contribution is -0.137. The molecule has 34 heavy (non-hydrogen) atoms. The summed E-state index contributed by atoms with van der Waals surface area (Å²) >= 11 is 0. The van der Waals surface area contributed by atoms with E-state index in [0.29, 0.717) is 29.4 Å². The summed E-state index contributed by atoms with van der Waals surface area (Å²) in [5, 5.41) is 33.1. The number of ether oxygens (including phenoxy) is 1. The van der Waals surface area contributed by atoms with Gasteiger partial charge in [0.05, 0.1) is 6.33 Å². The Morgan fingerprint density at radius 1 is 1.15 bits per heavy atom. The highest BCUT2D eigenvalue weighted by molar-refractivity contribution is 5.83. The second-order valence-corrected chi connectivity index (χ2v) is 9.54. The molecule has 2 aromatic rings. The van der Waals surface area contributed by atoms with Crippen molar-refractivity contribution in [2.75, 3.05) is 12.3 Å². The van der Waals surface area contributed by atoms with Gasteiger partial charge >= 0.3 is 0 Å². The lowest BCUT2D eigenvalue weighted by Gasteiger charge is -2.25. The van der Waals surface area contributed by atoms with Gasteiger partial charge in [-0.3, -0.25) is 9.36 Å². The minimum atomic E-state index is -1.39. The first-order valence-electron chi connectivity index (χ1n) is 11.9. The number of nitrogens with one attached hydrogen (secondary N) is 1. The fourth-order valence-corrected chi connectivity index (χ4v) is 4.69. The van der Waals surface area contributed by atoms with E-state index in [1.807, 2.05) is 0 Å². The zero-order chi connectivity index (χ0) is 23.8. The van der Waals surface area contributed by atoms with Crippen molar-refractivity contribution in [3.63, 3.8) is 0 Å². The number of rotatable bonds is 5. The van der Waals surface area contributed by atoms with Crippen molar-refractivity contribution in [3.8, 4) is 11.8 Å². The molecule has 4 atom stereocenters. The molecule has 6 N–H and O–H groups in total. The molecule has 3 fully saturated rings. The summed E-state index contributed by atoms with van der Waals surface area (Å²) < 4.78 is 7.19. The molecular formula is C23H30N6O5. The molecule has 0 bridgehead atoms. The number of hydrogen-bond donors (Lipinski definition) is 5. The fourth-order valence-electron chi connectivity index (χ4n) is 4.69. The highest BCUT2D eigenvalue weighted by Gasteiger charge is 2.48. The maximum atomic E-state index is 12.4. The monoisotopic (exact) mass is 470 g/mol. The van der Waals surface area contributed by atoms with E-state index in [1.165, 1.54) is 10.9 Å². The second kappa shape index (κ2) is 9.46. The van der Waals surface area contributed by atoms with Gasteiger partial charge < -0.3 is 31.1 Å². The van der Waals surface area contributed by atoms with Crippen LogP contribution in [0.4, 0.5) is 5.82 Å². The number of carbonyl (C=O) groups excluding carboxylic acids is 1. The molecule has 11 heteroatoms. The Balaban J connectivity index is 1.33. The summed E-state index contributed by atoms with van der Waals surface area (Å²) in [5.74, 6) is 6.94. The van der Waals surface area contributed by atoms with Crippen LogP contribution in [0, 0.1) is 23.7 Å². The summed E-state index contributed by atoms with van der Waals surface area (Å²) in [7, 11) is 0. The van der Waals surface area contributed by atoms with Gasteiger partial charge in [0.25, 0.3) is 5.91 Å². The molecule has 2 saturated carbocycles. The number of hydrogen-bond acceptors (Lipinski definition) is 9. The first kappa shape index (κ1) is 23.0. The number of nitrogens with zero attached hydrogens (tertiary/aromatic N) is 4. The van der Waals surface area contributed by atoms with Gasteiger partial charge in [-0.05, 0) is 56.3 Å². The number of aromatic nitrogens is 4. The smallest absolute Gasteiger partial charge is 0.252 e. The van der Waals surface area contributed by atoms with E-state index in [-0.39, 0.29) is 24.3 Å². The molecule has 182 valence electrons. The van der Waals surface area contributed by atoms with E-state index in [4.69, 9.17) is 10.5 Å². The van der Waals surface area contributed by atoms with E-state index >= 15 is 0 Å². The number of carbonyl (C=O) groups is 1. The van der Waals surface area contributed by atoms with Crippen LogP contribution >= 0.6 is 0 Å². The number of amides is 1. The molecule has 3 heterocycles. The van der Waals surface area contributed by atoms with Gasteiger partial charge in [0, 0.05) is 19.1 Å². The maximum Gasteiger partial charge on any atom is 0.252 e. The predicted octanol–water partition coefficient (Wildman–Crippen LogP) is -0.153. The lowest BCUT2D eigenvalue weighted by Crippen LogP contribution is -2.43. The van der Waals surface area contributed by atoms with Crippen LogP contribution in [0.5, 0.6) is 0 Å². The Hall–Kier alpha value is -2.78. The first-order chi connectivity index (χ1) is 16.4. The van der Waals surface area contributed by atoms with E-state index in [9.17, 15) is 20.1 Å². The molecule has 1 amide bonds. The maximum absolute atomic E-state index is 12.4. The van der Waals surface area contributed by atoms with Crippen LogP contribution in [0.25, 0.3) is 11.2 Å². The third-order valence-corrected chi connectivity index (χ3v) is 6.96. The van der Waals surface area contributed by atoms with Gasteiger partial charge in [-0.25, -0.2) is 15.0 Å². The number of nitrogens with two attached hydrogens (primary N) is 1. The number of aliphatic hydroxyl groups is 3. The largest absolute Gasteiger partial charge is 0.396 e. The molecule has 1 saturated heterocycles. The zero-order valence-electron chi connectivity index (χ0n) is 18.8. The van der Waals surface area contributed by atoms with Crippen LogP contribution < -0.4 is 11.1 Å². The summed E-state index contributed by atoms with van der Waals surface area (Å²) in [5.41, 5.74) is 6.71. The number of aliphatic hydroxyl groups excluding tert-OH is 3. The Morgan fingerprint density at radius 2 is 1.88 bits per heavy atom. The standard InChI is InChI=1S/C23H30N6O5/c24-20-16-21(28-15(27-20)3-1-2-12-4-6-13(10-30)7-5-12)29(11-25-16)23-18(32)17(31)19(34-23)22(33)26-14-8-9-14/h11-14,17-19,23,30-32H,2,4-10H2,(H,26,33)(H2,24,27,28)/t12?,13?,17-,18+,19+,23?/m1/s1. The molecule has 11 nitrogen and oxygen atoms in total. The SMILES string of the molecule is Nc1nc(C#CCC2CCC(CO)CC2)nc2c1ncn2C1O[C@H](C(=O)NC2CC2)[C@H](O)[C@@H]1O. The molecule has 0 radical (unpaired) electrons. The molecular weight excluding hydrogens is 440 g/mol. The van der Waals surface area contributed by atoms with Gasteiger partial charge in [-0.15, -0.1) is 0 Å². The Bertz CT molecular complexity index is 1110. The normalized spacial score (nSPS) is 31.3. The van der Waals surface area contributed by atoms with E-state index in [0.717, 1.165) is 38.5 Å².